The second-order valence-corrected chi connectivity index (χ2v) is 7.44. The Morgan fingerprint density at radius 3 is 2.78 bits per heavy atom. The summed E-state index contributed by atoms with van der Waals surface area (Å²) in [5.74, 6) is 0.751. The second-order valence-electron chi connectivity index (χ2n) is 7.44. The molecule has 1 aromatic rings. The van der Waals surface area contributed by atoms with E-state index in [2.05, 4.69) is 10.3 Å². The van der Waals surface area contributed by atoms with Gasteiger partial charge in [-0.25, -0.2) is 4.98 Å². The zero-order chi connectivity index (χ0) is 15.8. The van der Waals surface area contributed by atoms with Gasteiger partial charge in [-0.15, -0.1) is 0 Å². The van der Waals surface area contributed by atoms with E-state index < -0.39 is 0 Å². The number of piperidine rings is 1. The Kier molecular flexibility index (Phi) is 6.32. The Balaban J connectivity index is 1.16. The van der Waals surface area contributed by atoms with Crippen LogP contribution >= 0.6 is 0 Å². The number of unbranched alkanes of at least 4 members (excludes halogenated alkanes) is 5. The molecule has 3 nitrogen and oxygen atoms in total. The van der Waals surface area contributed by atoms with E-state index in [1.807, 2.05) is 18.2 Å². The van der Waals surface area contributed by atoms with E-state index in [0.717, 1.165) is 24.9 Å². The van der Waals surface area contributed by atoms with Gasteiger partial charge in [0.25, 0.3) is 0 Å². The number of fused-ring (bicyclic) bond motifs is 2. The summed E-state index contributed by atoms with van der Waals surface area (Å²) in [4.78, 5) is 4.17. The number of nitrogens with zero attached hydrogens (tertiary/aromatic N) is 1. The third-order valence-corrected chi connectivity index (χ3v) is 5.63. The van der Waals surface area contributed by atoms with Crippen LogP contribution in [0.25, 0.3) is 0 Å². The van der Waals surface area contributed by atoms with Gasteiger partial charge in [-0.2, -0.15) is 0 Å². The monoisotopic (exact) mass is 316 g/mol. The summed E-state index contributed by atoms with van der Waals surface area (Å²) in [6.07, 6.45) is 18.3. The Hall–Kier alpha value is -1.09. The van der Waals surface area contributed by atoms with E-state index in [9.17, 15) is 0 Å². The lowest BCUT2D eigenvalue weighted by molar-refractivity contribution is 0.251. The predicted molar refractivity (Wildman–Crippen MR) is 94.8 cm³/mol. The van der Waals surface area contributed by atoms with Crippen LogP contribution in [0.15, 0.2) is 24.4 Å². The average Bonchev–Trinajstić information content (AvgIpc) is 2.88. The van der Waals surface area contributed by atoms with Crippen molar-refractivity contribution in [1.82, 2.24) is 10.3 Å². The van der Waals surface area contributed by atoms with E-state index in [1.54, 1.807) is 6.20 Å². The third kappa shape index (κ3) is 5.20. The Morgan fingerprint density at radius 1 is 1.04 bits per heavy atom. The van der Waals surface area contributed by atoms with Crippen molar-refractivity contribution in [3.63, 3.8) is 0 Å². The predicted octanol–water partition coefficient (Wildman–Crippen LogP) is 4.87. The third-order valence-electron chi connectivity index (χ3n) is 5.63. The molecule has 3 heterocycles. The molecule has 0 radical (unpaired) electrons. The van der Waals surface area contributed by atoms with Gasteiger partial charge < -0.3 is 10.1 Å². The molecule has 0 aromatic carbocycles. The van der Waals surface area contributed by atoms with Gasteiger partial charge in [0.05, 0.1) is 6.61 Å². The summed E-state index contributed by atoms with van der Waals surface area (Å²) in [7, 11) is 0. The minimum absolute atomic E-state index is 0.541. The molecule has 3 rings (SSSR count). The second kappa shape index (κ2) is 8.68. The normalized spacial score (nSPS) is 26.3. The van der Waals surface area contributed by atoms with Gasteiger partial charge in [0.15, 0.2) is 0 Å². The molecule has 1 N–H and O–H groups in total. The number of hydrogen-bond acceptors (Lipinski definition) is 3. The molecule has 1 aromatic heterocycles. The van der Waals surface area contributed by atoms with E-state index in [1.165, 1.54) is 70.6 Å². The summed E-state index contributed by atoms with van der Waals surface area (Å²) >= 11 is 0. The minimum Gasteiger partial charge on any atom is -0.478 e. The van der Waals surface area contributed by atoms with Gasteiger partial charge in [0, 0.05) is 23.8 Å². The van der Waals surface area contributed by atoms with Gasteiger partial charge in [-0.1, -0.05) is 44.6 Å². The molecular formula is C20H32N2O. The van der Waals surface area contributed by atoms with Crippen molar-refractivity contribution in [3.05, 3.63) is 24.4 Å². The largest absolute Gasteiger partial charge is 0.478 e. The zero-order valence-corrected chi connectivity index (χ0v) is 14.4. The number of nitrogens with one attached hydrogen (secondary N) is 1. The highest BCUT2D eigenvalue weighted by molar-refractivity contribution is 5.08. The molecule has 0 spiro atoms. The number of pyridine rings is 1. The molecule has 2 bridgehead atoms. The fraction of sp³-hybridized carbons (Fsp3) is 0.750. The van der Waals surface area contributed by atoms with E-state index in [-0.39, 0.29) is 0 Å². The fourth-order valence-electron chi connectivity index (χ4n) is 4.33. The lowest BCUT2D eigenvalue weighted by Crippen LogP contribution is -2.46. The quantitative estimate of drug-likeness (QED) is 0.626. The standard InChI is InChI=1S/C20H32N2O/c1(2-4-8-17-23-19-11-5-7-16-21-19)3-6-13-20-14-9-10-18(22-20)12-15-20/h5,7,11,16,18,22H,1-4,6,8-10,12-15,17H2. The van der Waals surface area contributed by atoms with Crippen LogP contribution in [0, 0.1) is 0 Å². The summed E-state index contributed by atoms with van der Waals surface area (Å²) in [6.45, 7) is 0.797. The Morgan fingerprint density at radius 2 is 1.91 bits per heavy atom. The van der Waals surface area contributed by atoms with Crippen molar-refractivity contribution in [2.24, 2.45) is 0 Å². The topological polar surface area (TPSA) is 34.1 Å². The summed E-state index contributed by atoms with van der Waals surface area (Å²) in [6, 6.07) is 6.66. The number of aromatic nitrogens is 1. The van der Waals surface area contributed by atoms with Gasteiger partial charge in [0.2, 0.25) is 5.88 Å². The molecule has 0 aliphatic carbocycles. The molecule has 23 heavy (non-hydrogen) atoms. The maximum absolute atomic E-state index is 5.63. The molecule has 2 unspecified atom stereocenters. The molecule has 2 saturated heterocycles. The van der Waals surface area contributed by atoms with Gasteiger partial charge in [-0.3, -0.25) is 0 Å². The first-order valence-corrected chi connectivity index (χ1v) is 9.68. The van der Waals surface area contributed by atoms with E-state index >= 15 is 0 Å². The molecule has 128 valence electrons. The van der Waals surface area contributed by atoms with Crippen LogP contribution in [0.5, 0.6) is 5.88 Å². The van der Waals surface area contributed by atoms with Crippen LogP contribution in [0.1, 0.15) is 77.0 Å². The molecule has 2 aliphatic heterocycles. The minimum atomic E-state index is 0.541. The highest BCUT2D eigenvalue weighted by Crippen LogP contribution is 2.38. The van der Waals surface area contributed by atoms with Crippen molar-refractivity contribution < 1.29 is 4.74 Å². The number of ether oxygens (including phenoxy) is 1. The Labute approximate surface area is 141 Å². The summed E-state index contributed by atoms with van der Waals surface area (Å²) in [5, 5.41) is 3.92. The molecule has 2 fully saturated rings. The van der Waals surface area contributed by atoms with Gasteiger partial charge in [0.1, 0.15) is 0 Å². The van der Waals surface area contributed by atoms with Gasteiger partial charge in [-0.05, 0) is 44.6 Å². The highest BCUT2D eigenvalue weighted by atomic mass is 16.5. The first kappa shape index (κ1) is 16.8. The van der Waals surface area contributed by atoms with E-state index in [4.69, 9.17) is 4.74 Å². The first-order chi connectivity index (χ1) is 11.4. The van der Waals surface area contributed by atoms with Crippen LogP contribution in [-0.4, -0.2) is 23.2 Å². The van der Waals surface area contributed by atoms with Crippen LogP contribution < -0.4 is 10.1 Å². The molecule has 2 atom stereocenters. The lowest BCUT2D eigenvalue weighted by Gasteiger charge is -2.35. The molecule has 0 amide bonds. The summed E-state index contributed by atoms with van der Waals surface area (Å²) < 4.78 is 5.63. The lowest BCUT2D eigenvalue weighted by atomic mass is 9.85. The van der Waals surface area contributed by atoms with Crippen molar-refractivity contribution in [2.45, 2.75) is 88.6 Å². The van der Waals surface area contributed by atoms with Crippen molar-refractivity contribution in [2.75, 3.05) is 6.61 Å². The van der Waals surface area contributed by atoms with Crippen molar-refractivity contribution >= 4 is 0 Å². The molecule has 0 saturated carbocycles. The van der Waals surface area contributed by atoms with Crippen LogP contribution in [-0.2, 0) is 0 Å². The maximum Gasteiger partial charge on any atom is 0.213 e. The van der Waals surface area contributed by atoms with Crippen molar-refractivity contribution in [3.8, 4) is 5.88 Å². The summed E-state index contributed by atoms with van der Waals surface area (Å²) in [5.41, 5.74) is 0.541. The smallest absolute Gasteiger partial charge is 0.213 e. The number of hydrogen-bond donors (Lipinski definition) is 1. The maximum atomic E-state index is 5.63. The van der Waals surface area contributed by atoms with Gasteiger partial charge >= 0.3 is 0 Å². The molecule has 3 heteroatoms. The van der Waals surface area contributed by atoms with E-state index in [0.29, 0.717) is 5.54 Å². The molecule has 2 aliphatic rings. The highest BCUT2D eigenvalue weighted by Gasteiger charge is 2.40. The van der Waals surface area contributed by atoms with Crippen molar-refractivity contribution in [1.29, 1.82) is 0 Å². The zero-order valence-electron chi connectivity index (χ0n) is 14.4. The number of rotatable bonds is 10. The fourth-order valence-corrected chi connectivity index (χ4v) is 4.33. The SMILES string of the molecule is c1ccc(OCCCCCCCCC23CCCC(CC2)N3)nc1. The van der Waals surface area contributed by atoms with Crippen LogP contribution in [0.2, 0.25) is 0 Å². The first-order valence-electron chi connectivity index (χ1n) is 9.68. The average molecular weight is 316 g/mol. The molecular weight excluding hydrogens is 284 g/mol. The Bertz CT molecular complexity index is 446. The van der Waals surface area contributed by atoms with Crippen LogP contribution in [0.3, 0.4) is 0 Å². The van der Waals surface area contributed by atoms with Crippen LogP contribution in [0.4, 0.5) is 0 Å².